The highest BCUT2D eigenvalue weighted by Gasteiger charge is 2.29. The first kappa shape index (κ1) is 17.0. The van der Waals surface area contributed by atoms with E-state index >= 15 is 0 Å². The zero-order valence-corrected chi connectivity index (χ0v) is 14.3. The zero-order chi connectivity index (χ0) is 16.9. The number of nitrogens with one attached hydrogen (secondary N) is 1. The summed E-state index contributed by atoms with van der Waals surface area (Å²) in [6.45, 7) is 3.04. The first-order chi connectivity index (χ1) is 11.7. The van der Waals surface area contributed by atoms with Crippen molar-refractivity contribution >= 4 is 17.2 Å². The highest BCUT2D eigenvalue weighted by molar-refractivity contribution is 7.13. The SMILES string of the molecule is Cc1ccc(C(=O)N[C@@H]2CCOC[C@H]2Oc2ccc(CO)cc2)s1. The predicted octanol–water partition coefficient (Wildman–Crippen LogP) is 2.52. The number of aryl methyl sites for hydroxylation is 1. The number of thiophene rings is 1. The lowest BCUT2D eigenvalue weighted by Gasteiger charge is -2.32. The van der Waals surface area contributed by atoms with Gasteiger partial charge in [0.25, 0.3) is 5.91 Å². The second-order valence-electron chi connectivity index (χ2n) is 5.81. The van der Waals surface area contributed by atoms with Crippen LogP contribution in [0.15, 0.2) is 36.4 Å². The van der Waals surface area contributed by atoms with Crippen LogP contribution in [-0.4, -0.2) is 36.4 Å². The molecular weight excluding hydrogens is 326 g/mol. The quantitative estimate of drug-likeness (QED) is 0.872. The van der Waals surface area contributed by atoms with Gasteiger partial charge in [0.2, 0.25) is 0 Å². The molecule has 0 spiro atoms. The van der Waals surface area contributed by atoms with E-state index in [0.29, 0.717) is 23.8 Å². The molecule has 1 aliphatic rings. The zero-order valence-electron chi connectivity index (χ0n) is 13.5. The van der Waals surface area contributed by atoms with E-state index in [1.165, 1.54) is 11.3 Å². The fourth-order valence-corrected chi connectivity index (χ4v) is 3.41. The number of amides is 1. The molecular formula is C18H21NO4S. The highest BCUT2D eigenvalue weighted by atomic mass is 32.1. The number of hydrogen-bond acceptors (Lipinski definition) is 5. The van der Waals surface area contributed by atoms with E-state index in [1.807, 2.05) is 43.3 Å². The minimum atomic E-state index is -0.233. The van der Waals surface area contributed by atoms with Crippen molar-refractivity contribution in [3.8, 4) is 5.75 Å². The molecule has 1 aromatic heterocycles. The van der Waals surface area contributed by atoms with Gasteiger partial charge in [0.1, 0.15) is 11.9 Å². The molecule has 24 heavy (non-hydrogen) atoms. The number of ether oxygens (including phenoxy) is 2. The van der Waals surface area contributed by atoms with Gasteiger partial charge in [-0.15, -0.1) is 11.3 Å². The van der Waals surface area contributed by atoms with Crippen LogP contribution in [-0.2, 0) is 11.3 Å². The number of rotatable bonds is 5. The molecule has 1 saturated heterocycles. The summed E-state index contributed by atoms with van der Waals surface area (Å²) in [6.07, 6.45) is 0.485. The van der Waals surface area contributed by atoms with Crippen LogP contribution in [0.2, 0.25) is 0 Å². The number of carbonyl (C=O) groups excluding carboxylic acids is 1. The van der Waals surface area contributed by atoms with Gasteiger partial charge in [-0.05, 0) is 43.2 Å². The van der Waals surface area contributed by atoms with Crippen LogP contribution in [0.3, 0.4) is 0 Å². The van der Waals surface area contributed by atoms with Crippen molar-refractivity contribution in [2.45, 2.75) is 32.1 Å². The lowest BCUT2D eigenvalue weighted by atomic mass is 10.1. The molecule has 0 unspecified atom stereocenters. The Morgan fingerprint density at radius 3 is 2.79 bits per heavy atom. The summed E-state index contributed by atoms with van der Waals surface area (Å²) in [5, 5.41) is 12.2. The van der Waals surface area contributed by atoms with E-state index in [0.717, 1.165) is 16.9 Å². The molecule has 1 amide bonds. The second-order valence-corrected chi connectivity index (χ2v) is 7.10. The molecule has 1 aromatic carbocycles. The van der Waals surface area contributed by atoms with Crippen LogP contribution in [0.1, 0.15) is 26.5 Å². The molecule has 6 heteroatoms. The summed E-state index contributed by atoms with van der Waals surface area (Å²) in [5.41, 5.74) is 0.833. The summed E-state index contributed by atoms with van der Waals surface area (Å²) >= 11 is 1.49. The summed E-state index contributed by atoms with van der Waals surface area (Å²) in [5.74, 6) is 0.637. The molecule has 1 aliphatic heterocycles. The molecule has 0 saturated carbocycles. The van der Waals surface area contributed by atoms with E-state index in [-0.39, 0.29) is 24.7 Å². The van der Waals surface area contributed by atoms with E-state index in [9.17, 15) is 4.79 Å². The molecule has 1 fully saturated rings. The van der Waals surface area contributed by atoms with Gasteiger partial charge in [0.05, 0.1) is 24.1 Å². The maximum Gasteiger partial charge on any atom is 0.261 e. The Labute approximate surface area is 145 Å². The van der Waals surface area contributed by atoms with Crippen LogP contribution in [0.4, 0.5) is 0 Å². The number of carbonyl (C=O) groups is 1. The van der Waals surface area contributed by atoms with Gasteiger partial charge in [-0.25, -0.2) is 0 Å². The van der Waals surface area contributed by atoms with Gasteiger partial charge in [0, 0.05) is 11.5 Å². The molecule has 0 bridgehead atoms. The largest absolute Gasteiger partial charge is 0.486 e. The second kappa shape index (κ2) is 7.79. The van der Waals surface area contributed by atoms with Gasteiger partial charge in [-0.1, -0.05) is 12.1 Å². The minimum Gasteiger partial charge on any atom is -0.486 e. The maximum atomic E-state index is 12.4. The molecule has 0 radical (unpaired) electrons. The van der Waals surface area contributed by atoms with Crippen LogP contribution >= 0.6 is 11.3 Å². The van der Waals surface area contributed by atoms with Crippen LogP contribution in [0.25, 0.3) is 0 Å². The Hall–Kier alpha value is -1.89. The lowest BCUT2D eigenvalue weighted by Crippen LogP contribution is -2.51. The third-order valence-corrected chi connectivity index (χ3v) is 4.98. The standard InChI is InChI=1S/C18H21NO4S/c1-12-2-7-17(24-12)18(21)19-15-8-9-22-11-16(15)23-14-5-3-13(10-20)4-6-14/h2-7,15-16,20H,8-11H2,1H3,(H,19,21)/t15-,16-/m1/s1. The molecule has 2 aromatic rings. The predicted molar refractivity (Wildman–Crippen MR) is 92.5 cm³/mol. The van der Waals surface area contributed by atoms with Gasteiger partial charge in [-0.3, -0.25) is 4.79 Å². The minimum absolute atomic E-state index is 0.00569. The summed E-state index contributed by atoms with van der Waals surface area (Å²) in [4.78, 5) is 14.2. The number of benzene rings is 1. The first-order valence-electron chi connectivity index (χ1n) is 7.97. The Kier molecular flexibility index (Phi) is 5.50. The fraction of sp³-hybridized carbons (Fsp3) is 0.389. The third-order valence-electron chi connectivity index (χ3n) is 3.98. The first-order valence-corrected chi connectivity index (χ1v) is 8.79. The van der Waals surface area contributed by atoms with Crippen LogP contribution in [0, 0.1) is 6.92 Å². The van der Waals surface area contributed by atoms with Crippen molar-refractivity contribution in [1.29, 1.82) is 0 Å². The Bertz CT molecular complexity index is 683. The van der Waals surface area contributed by atoms with E-state index in [2.05, 4.69) is 5.32 Å². The Morgan fingerprint density at radius 1 is 1.33 bits per heavy atom. The van der Waals surface area contributed by atoms with E-state index < -0.39 is 0 Å². The number of aliphatic hydroxyl groups is 1. The maximum absolute atomic E-state index is 12.4. The Balaban J connectivity index is 1.65. The van der Waals surface area contributed by atoms with Crippen LogP contribution < -0.4 is 10.1 Å². The molecule has 5 nitrogen and oxygen atoms in total. The average molecular weight is 347 g/mol. The molecule has 128 valence electrons. The summed E-state index contributed by atoms with van der Waals surface area (Å²) < 4.78 is 11.5. The van der Waals surface area contributed by atoms with Crippen molar-refractivity contribution in [1.82, 2.24) is 5.32 Å². The fourth-order valence-electron chi connectivity index (χ4n) is 2.64. The number of hydrogen-bond donors (Lipinski definition) is 2. The number of aliphatic hydroxyl groups excluding tert-OH is 1. The summed E-state index contributed by atoms with van der Waals surface area (Å²) in [6, 6.07) is 11.0. The summed E-state index contributed by atoms with van der Waals surface area (Å²) in [7, 11) is 0. The normalized spacial score (nSPS) is 20.6. The topological polar surface area (TPSA) is 67.8 Å². The molecule has 2 heterocycles. The van der Waals surface area contributed by atoms with Crippen molar-refractivity contribution in [3.05, 3.63) is 51.7 Å². The van der Waals surface area contributed by atoms with Gasteiger partial charge >= 0.3 is 0 Å². The lowest BCUT2D eigenvalue weighted by molar-refractivity contribution is -0.0134. The highest BCUT2D eigenvalue weighted by Crippen LogP contribution is 2.20. The van der Waals surface area contributed by atoms with Gasteiger partial charge in [-0.2, -0.15) is 0 Å². The smallest absolute Gasteiger partial charge is 0.261 e. The monoisotopic (exact) mass is 347 g/mol. The van der Waals surface area contributed by atoms with Crippen molar-refractivity contribution in [3.63, 3.8) is 0 Å². The molecule has 2 atom stereocenters. The molecule has 3 rings (SSSR count). The van der Waals surface area contributed by atoms with E-state index in [4.69, 9.17) is 14.6 Å². The van der Waals surface area contributed by atoms with Gasteiger partial charge < -0.3 is 19.9 Å². The van der Waals surface area contributed by atoms with Crippen molar-refractivity contribution < 1.29 is 19.4 Å². The molecule has 2 N–H and O–H groups in total. The Morgan fingerprint density at radius 2 is 2.12 bits per heavy atom. The van der Waals surface area contributed by atoms with Crippen LogP contribution in [0.5, 0.6) is 5.75 Å². The van der Waals surface area contributed by atoms with E-state index in [1.54, 1.807) is 0 Å². The molecule has 0 aliphatic carbocycles. The van der Waals surface area contributed by atoms with Crippen molar-refractivity contribution in [2.24, 2.45) is 0 Å². The van der Waals surface area contributed by atoms with Gasteiger partial charge in [0.15, 0.2) is 0 Å². The third kappa shape index (κ3) is 4.14. The average Bonchev–Trinajstić information content (AvgIpc) is 3.04. The van der Waals surface area contributed by atoms with Crippen molar-refractivity contribution in [2.75, 3.05) is 13.2 Å².